The molecule has 0 saturated carbocycles. The Labute approximate surface area is 107 Å². The summed E-state index contributed by atoms with van der Waals surface area (Å²) in [6, 6.07) is 6.22. The van der Waals surface area contributed by atoms with E-state index in [-0.39, 0.29) is 5.91 Å². The van der Waals surface area contributed by atoms with E-state index in [0.717, 1.165) is 49.2 Å². The van der Waals surface area contributed by atoms with Crippen molar-refractivity contribution in [2.45, 2.75) is 32.0 Å². The molecule has 4 nitrogen and oxygen atoms in total. The number of nitrogens with zero attached hydrogens (tertiary/aromatic N) is 1. The first kappa shape index (κ1) is 11.7. The lowest BCUT2D eigenvalue weighted by Crippen LogP contribution is -2.46. The molecule has 1 aromatic carbocycles. The van der Waals surface area contributed by atoms with Gasteiger partial charge < -0.3 is 16.0 Å². The lowest BCUT2D eigenvalue weighted by atomic mass is 10.0. The summed E-state index contributed by atoms with van der Waals surface area (Å²) in [7, 11) is 0. The number of amides is 1. The summed E-state index contributed by atoms with van der Waals surface area (Å²) in [5.74, 6) is 0.175. The van der Waals surface area contributed by atoms with Gasteiger partial charge in [-0.2, -0.15) is 0 Å². The van der Waals surface area contributed by atoms with E-state index < -0.39 is 0 Å². The number of carbonyl (C=O) groups excluding carboxylic acids is 1. The first-order valence-corrected chi connectivity index (χ1v) is 6.64. The van der Waals surface area contributed by atoms with Crippen molar-refractivity contribution in [3.8, 4) is 0 Å². The van der Waals surface area contributed by atoms with Crippen molar-refractivity contribution in [3.05, 3.63) is 34.9 Å². The average Bonchev–Trinajstić information content (AvgIpc) is 2.77. The van der Waals surface area contributed by atoms with Crippen LogP contribution in [0, 0.1) is 0 Å². The molecule has 2 aliphatic rings. The van der Waals surface area contributed by atoms with E-state index >= 15 is 0 Å². The van der Waals surface area contributed by atoms with Crippen LogP contribution in [0.5, 0.6) is 0 Å². The molecule has 2 aliphatic heterocycles. The fourth-order valence-corrected chi connectivity index (χ4v) is 3.00. The molecule has 0 bridgehead atoms. The summed E-state index contributed by atoms with van der Waals surface area (Å²) in [6.07, 6.45) is 2.25. The zero-order valence-corrected chi connectivity index (χ0v) is 10.5. The zero-order valence-electron chi connectivity index (χ0n) is 10.5. The highest BCUT2D eigenvalue weighted by Crippen LogP contribution is 2.28. The monoisotopic (exact) mass is 245 g/mol. The Balaban J connectivity index is 1.88. The smallest absolute Gasteiger partial charge is 0.254 e. The standard InChI is InChI=1S/C14H19N3O/c15-7-10-3-1-5-12-13(10)9-17(14(12)18)11-4-2-6-16-8-11/h1,3,5,11,16H,2,4,6-9,15H2. The quantitative estimate of drug-likeness (QED) is 0.812. The number of carbonyl (C=O) groups is 1. The second kappa shape index (κ2) is 4.71. The molecule has 1 aromatic rings. The van der Waals surface area contributed by atoms with E-state index in [0.29, 0.717) is 12.6 Å². The molecule has 1 unspecified atom stereocenters. The van der Waals surface area contributed by atoms with Crippen molar-refractivity contribution in [1.29, 1.82) is 0 Å². The highest BCUT2D eigenvalue weighted by Gasteiger charge is 2.34. The van der Waals surface area contributed by atoms with Gasteiger partial charge in [-0.1, -0.05) is 12.1 Å². The molecule has 18 heavy (non-hydrogen) atoms. The summed E-state index contributed by atoms with van der Waals surface area (Å²) in [4.78, 5) is 14.4. The second-order valence-corrected chi connectivity index (χ2v) is 5.08. The van der Waals surface area contributed by atoms with E-state index in [1.807, 2.05) is 23.1 Å². The summed E-state index contributed by atoms with van der Waals surface area (Å²) in [6.45, 7) is 3.22. The van der Waals surface area contributed by atoms with Crippen LogP contribution in [-0.2, 0) is 13.1 Å². The molecule has 0 aliphatic carbocycles. The maximum atomic E-state index is 12.4. The molecule has 1 saturated heterocycles. The van der Waals surface area contributed by atoms with E-state index in [2.05, 4.69) is 5.32 Å². The molecule has 3 rings (SSSR count). The number of hydrogen-bond donors (Lipinski definition) is 2. The van der Waals surface area contributed by atoms with E-state index in [1.165, 1.54) is 0 Å². The normalized spacial score (nSPS) is 23.3. The SMILES string of the molecule is NCc1cccc2c1CN(C1CCCNC1)C2=O. The van der Waals surface area contributed by atoms with Crippen molar-refractivity contribution in [1.82, 2.24) is 10.2 Å². The van der Waals surface area contributed by atoms with Gasteiger partial charge in [0.1, 0.15) is 0 Å². The zero-order chi connectivity index (χ0) is 12.5. The van der Waals surface area contributed by atoms with Gasteiger partial charge in [0.2, 0.25) is 0 Å². The predicted molar refractivity (Wildman–Crippen MR) is 70.1 cm³/mol. The van der Waals surface area contributed by atoms with Gasteiger partial charge in [0.05, 0.1) is 0 Å². The highest BCUT2D eigenvalue weighted by molar-refractivity contribution is 5.99. The fourth-order valence-electron chi connectivity index (χ4n) is 3.00. The average molecular weight is 245 g/mol. The minimum absolute atomic E-state index is 0.175. The van der Waals surface area contributed by atoms with Crippen LogP contribution in [0.3, 0.4) is 0 Å². The van der Waals surface area contributed by atoms with Crippen molar-refractivity contribution >= 4 is 5.91 Å². The lowest BCUT2D eigenvalue weighted by molar-refractivity contribution is 0.0674. The largest absolute Gasteiger partial charge is 0.330 e. The highest BCUT2D eigenvalue weighted by atomic mass is 16.2. The van der Waals surface area contributed by atoms with E-state index in [9.17, 15) is 4.79 Å². The van der Waals surface area contributed by atoms with Crippen molar-refractivity contribution in [2.75, 3.05) is 13.1 Å². The molecule has 0 spiro atoms. The Morgan fingerprint density at radius 3 is 3.06 bits per heavy atom. The molecule has 0 aromatic heterocycles. The van der Waals surface area contributed by atoms with Crippen LogP contribution < -0.4 is 11.1 Å². The number of benzene rings is 1. The van der Waals surface area contributed by atoms with Gasteiger partial charge >= 0.3 is 0 Å². The van der Waals surface area contributed by atoms with Crippen LogP contribution in [0.4, 0.5) is 0 Å². The fraction of sp³-hybridized carbons (Fsp3) is 0.500. The second-order valence-electron chi connectivity index (χ2n) is 5.08. The first-order valence-electron chi connectivity index (χ1n) is 6.64. The molecular formula is C14H19N3O. The third-order valence-electron chi connectivity index (χ3n) is 4.02. The van der Waals surface area contributed by atoms with Crippen LogP contribution in [0.1, 0.15) is 34.3 Å². The maximum absolute atomic E-state index is 12.4. The van der Waals surface area contributed by atoms with Crippen molar-refractivity contribution in [2.24, 2.45) is 5.73 Å². The lowest BCUT2D eigenvalue weighted by Gasteiger charge is -2.31. The Kier molecular flexibility index (Phi) is 3.06. The number of fused-ring (bicyclic) bond motifs is 1. The summed E-state index contributed by atoms with van der Waals surface area (Å²) in [5.41, 5.74) is 8.84. The summed E-state index contributed by atoms with van der Waals surface area (Å²) in [5, 5.41) is 3.37. The molecule has 1 fully saturated rings. The van der Waals surface area contributed by atoms with Crippen LogP contribution in [0.2, 0.25) is 0 Å². The maximum Gasteiger partial charge on any atom is 0.254 e. The van der Waals surface area contributed by atoms with Gasteiger partial charge in [0.25, 0.3) is 5.91 Å². The molecule has 0 radical (unpaired) electrons. The molecule has 4 heteroatoms. The number of piperidine rings is 1. The van der Waals surface area contributed by atoms with Crippen LogP contribution in [0.25, 0.3) is 0 Å². The van der Waals surface area contributed by atoms with Gasteiger partial charge in [-0.25, -0.2) is 0 Å². The minimum atomic E-state index is 0.175. The molecule has 3 N–H and O–H groups in total. The Morgan fingerprint density at radius 1 is 1.44 bits per heavy atom. The molecule has 1 atom stereocenters. The van der Waals surface area contributed by atoms with E-state index in [4.69, 9.17) is 5.73 Å². The third-order valence-corrected chi connectivity index (χ3v) is 4.02. The van der Waals surface area contributed by atoms with Crippen LogP contribution in [0.15, 0.2) is 18.2 Å². The van der Waals surface area contributed by atoms with Gasteiger partial charge in [0.15, 0.2) is 0 Å². The molecule has 1 amide bonds. The van der Waals surface area contributed by atoms with Crippen molar-refractivity contribution in [3.63, 3.8) is 0 Å². The Bertz CT molecular complexity index is 466. The number of rotatable bonds is 2. The molecule has 96 valence electrons. The Morgan fingerprint density at radius 2 is 2.33 bits per heavy atom. The predicted octanol–water partition coefficient (Wildman–Crippen LogP) is 0.853. The number of nitrogens with two attached hydrogens (primary N) is 1. The van der Waals surface area contributed by atoms with Crippen molar-refractivity contribution < 1.29 is 4.79 Å². The summed E-state index contributed by atoms with van der Waals surface area (Å²) >= 11 is 0. The van der Waals surface area contributed by atoms with Gasteiger partial charge in [-0.05, 0) is 36.6 Å². The topological polar surface area (TPSA) is 58.4 Å². The van der Waals surface area contributed by atoms with Crippen LogP contribution >= 0.6 is 0 Å². The van der Waals surface area contributed by atoms with Gasteiger partial charge in [-0.15, -0.1) is 0 Å². The number of hydrogen-bond acceptors (Lipinski definition) is 3. The Hall–Kier alpha value is -1.39. The minimum Gasteiger partial charge on any atom is -0.330 e. The van der Waals surface area contributed by atoms with Gasteiger partial charge in [-0.3, -0.25) is 4.79 Å². The first-order chi connectivity index (χ1) is 8.81. The van der Waals surface area contributed by atoms with Crippen LogP contribution in [-0.4, -0.2) is 29.9 Å². The molecule has 2 heterocycles. The third kappa shape index (κ3) is 1.82. The summed E-state index contributed by atoms with van der Waals surface area (Å²) < 4.78 is 0. The van der Waals surface area contributed by atoms with Gasteiger partial charge in [0, 0.05) is 31.2 Å². The van der Waals surface area contributed by atoms with E-state index in [1.54, 1.807) is 0 Å². The molecular weight excluding hydrogens is 226 g/mol. The number of nitrogens with one attached hydrogen (secondary N) is 1.